The molecule has 2 aromatic rings. The summed E-state index contributed by atoms with van der Waals surface area (Å²) in [6.45, 7) is 3.98. The summed E-state index contributed by atoms with van der Waals surface area (Å²) in [5.41, 5.74) is 17.6. The van der Waals surface area contributed by atoms with Crippen molar-refractivity contribution in [1.82, 2.24) is 0 Å². The Balaban J connectivity index is 0.00000103. The summed E-state index contributed by atoms with van der Waals surface area (Å²) in [6, 6.07) is 19.8. The summed E-state index contributed by atoms with van der Waals surface area (Å²) >= 11 is 4.73. The molecule has 0 aliphatic carbocycles. The molecule has 2 aromatic carbocycles. The summed E-state index contributed by atoms with van der Waals surface area (Å²) in [7, 11) is -0.498. The van der Waals surface area contributed by atoms with E-state index in [0.717, 1.165) is 22.3 Å². The van der Waals surface area contributed by atoms with E-state index in [1.165, 1.54) is 0 Å². The van der Waals surface area contributed by atoms with Crippen LogP contribution in [0.25, 0.3) is 0 Å². The van der Waals surface area contributed by atoms with Crippen LogP contribution >= 0.6 is 40.0 Å². The van der Waals surface area contributed by atoms with Crippen LogP contribution in [0.2, 0.25) is 0 Å². The molecule has 7 heteroatoms. The zero-order valence-electron chi connectivity index (χ0n) is 17.0. The van der Waals surface area contributed by atoms with Crippen molar-refractivity contribution >= 4 is 45.2 Å². The van der Waals surface area contributed by atoms with E-state index in [0.29, 0.717) is 24.2 Å². The Hall–Kier alpha value is -1.59. The second-order valence-electron chi connectivity index (χ2n) is 6.53. The van der Waals surface area contributed by atoms with Gasteiger partial charge in [0.1, 0.15) is 12.1 Å². The van der Waals surface area contributed by atoms with Gasteiger partial charge in [-0.05, 0) is 36.1 Å². The van der Waals surface area contributed by atoms with Gasteiger partial charge in [-0.2, -0.15) is 10.5 Å². The van der Waals surface area contributed by atoms with Gasteiger partial charge in [0, 0.05) is 24.2 Å². The SMILES string of the molecule is Cc1ccccc1C/C(N)=C(C#N)/C(C#N)=C(\N)Cc1ccccc1C.[CH2]=[V]([I])[I]. The number of nitriles is 2. The number of rotatable bonds is 5. The summed E-state index contributed by atoms with van der Waals surface area (Å²) in [4.78, 5) is 0. The Morgan fingerprint density at radius 3 is 1.40 bits per heavy atom. The Morgan fingerprint density at radius 2 is 1.13 bits per heavy atom. The Bertz CT molecular complexity index is 976. The normalized spacial score (nSPS) is 11.7. The molecule has 0 bridgehead atoms. The van der Waals surface area contributed by atoms with Crippen LogP contribution in [0.15, 0.2) is 71.1 Å². The van der Waals surface area contributed by atoms with Crippen molar-refractivity contribution in [1.29, 1.82) is 10.5 Å². The third kappa shape index (κ3) is 8.65. The molecule has 0 spiro atoms. The van der Waals surface area contributed by atoms with Crippen molar-refractivity contribution in [2.75, 3.05) is 0 Å². The van der Waals surface area contributed by atoms with Gasteiger partial charge >= 0.3 is 53.1 Å². The van der Waals surface area contributed by atoms with Crippen molar-refractivity contribution in [3.8, 4) is 12.1 Å². The van der Waals surface area contributed by atoms with Crippen molar-refractivity contribution in [3.63, 3.8) is 0 Å². The van der Waals surface area contributed by atoms with Crippen LogP contribution in [0.1, 0.15) is 22.3 Å². The molecule has 0 aromatic heterocycles. The van der Waals surface area contributed by atoms with E-state index < -0.39 is 7.89 Å². The number of hydrogen-bond acceptors (Lipinski definition) is 4. The number of nitrogens with two attached hydrogens (primary N) is 2. The average molecular weight is 661 g/mol. The van der Waals surface area contributed by atoms with E-state index in [2.05, 4.69) is 57.3 Å². The van der Waals surface area contributed by atoms with Gasteiger partial charge in [0.15, 0.2) is 0 Å². The fourth-order valence-corrected chi connectivity index (χ4v) is 2.78. The predicted octanol–water partition coefficient (Wildman–Crippen LogP) is 5.30. The molecule has 30 heavy (non-hydrogen) atoms. The van der Waals surface area contributed by atoms with Gasteiger partial charge in [-0.25, -0.2) is 0 Å². The van der Waals surface area contributed by atoms with Crippen LogP contribution in [-0.2, 0) is 20.7 Å². The molecule has 4 nitrogen and oxygen atoms in total. The zero-order chi connectivity index (χ0) is 22.7. The van der Waals surface area contributed by atoms with Gasteiger partial charge in [0.2, 0.25) is 0 Å². The monoisotopic (exact) mass is 661 g/mol. The number of aryl methyl sites for hydroxylation is 2. The third-order valence-corrected chi connectivity index (χ3v) is 4.40. The second-order valence-corrected chi connectivity index (χ2v) is 24.7. The quantitative estimate of drug-likeness (QED) is 0.258. The minimum atomic E-state index is -0.498. The fraction of sp³-hybridized carbons (Fsp3) is 0.174. The summed E-state index contributed by atoms with van der Waals surface area (Å²) in [6.07, 6.45) is 0.802. The van der Waals surface area contributed by atoms with Crippen LogP contribution in [0.3, 0.4) is 0 Å². The molecular weight excluding hydrogens is 637 g/mol. The first-order valence-corrected chi connectivity index (χ1v) is 19.0. The third-order valence-electron chi connectivity index (χ3n) is 4.40. The van der Waals surface area contributed by atoms with Crippen LogP contribution in [0.4, 0.5) is 0 Å². The van der Waals surface area contributed by atoms with E-state index >= 15 is 0 Å². The number of allylic oxidation sites excluding steroid dienone is 4. The molecule has 0 fully saturated rings. The van der Waals surface area contributed by atoms with Crippen LogP contribution in [0, 0.1) is 36.5 Å². The summed E-state index contributed by atoms with van der Waals surface area (Å²) in [5.74, 6) is 0. The van der Waals surface area contributed by atoms with Gasteiger partial charge in [0.05, 0.1) is 11.1 Å². The van der Waals surface area contributed by atoms with E-state index in [4.69, 9.17) is 11.5 Å². The summed E-state index contributed by atoms with van der Waals surface area (Å²) in [5, 5.41) is 22.9. The molecule has 0 aliphatic rings. The Morgan fingerprint density at radius 1 is 0.833 bits per heavy atom. The Kier molecular flexibility index (Phi) is 12.0. The second kappa shape index (κ2) is 13.7. The predicted molar refractivity (Wildman–Crippen MR) is 139 cm³/mol. The molecule has 4 N–H and O–H groups in total. The van der Waals surface area contributed by atoms with Crippen LogP contribution < -0.4 is 11.5 Å². The standard InChI is InChI=1S/C22H22N4.CH2.2HI.V/c1-15-7-3-5-9-17(15)11-21(25)19(13-23)20(14-24)22(26)12-18-10-6-4-8-16(18)2;;;;/h3-10H,11-12,25-26H2,1-2H3;1H2;2*1H;/q;;;;+2/p-2/b21-19-,22-20-;;;;. The maximum atomic E-state index is 9.59. The Labute approximate surface area is 205 Å². The first kappa shape index (κ1) is 26.4. The topological polar surface area (TPSA) is 99.6 Å². The molecular formula is C23H24I2N4V. The first-order valence-electron chi connectivity index (χ1n) is 9.00. The average Bonchev–Trinajstić information content (AvgIpc) is 2.68. The zero-order valence-corrected chi connectivity index (χ0v) is 22.7. The molecule has 0 saturated carbocycles. The van der Waals surface area contributed by atoms with Crippen molar-refractivity contribution in [3.05, 3.63) is 93.3 Å². The number of halogens is 2. The fourth-order valence-electron chi connectivity index (χ4n) is 2.78. The van der Waals surface area contributed by atoms with E-state index in [1.54, 1.807) is 0 Å². The number of benzene rings is 2. The summed E-state index contributed by atoms with van der Waals surface area (Å²) < 4.78 is 0. The molecule has 0 saturated heterocycles. The number of nitrogens with zero attached hydrogens (tertiary/aromatic N) is 2. The van der Waals surface area contributed by atoms with E-state index in [9.17, 15) is 10.5 Å². The van der Waals surface area contributed by atoms with Crippen molar-refractivity contribution < 1.29 is 7.89 Å². The molecule has 0 atom stereocenters. The number of hydrogen-bond donors (Lipinski definition) is 2. The van der Waals surface area contributed by atoms with Gasteiger partial charge in [-0.3, -0.25) is 0 Å². The molecule has 0 aliphatic heterocycles. The maximum absolute atomic E-state index is 9.59. The van der Waals surface area contributed by atoms with Gasteiger partial charge < -0.3 is 11.5 Å². The molecule has 2 rings (SSSR count). The first-order chi connectivity index (χ1) is 14.2. The minimum absolute atomic E-state index is 0.154. The molecule has 0 heterocycles. The molecule has 155 valence electrons. The van der Waals surface area contributed by atoms with E-state index in [1.807, 2.05) is 62.4 Å². The molecule has 0 amide bonds. The van der Waals surface area contributed by atoms with E-state index in [-0.39, 0.29) is 11.1 Å². The van der Waals surface area contributed by atoms with Crippen molar-refractivity contribution in [2.45, 2.75) is 26.7 Å². The van der Waals surface area contributed by atoms with Crippen LogP contribution in [-0.4, -0.2) is 5.23 Å². The van der Waals surface area contributed by atoms with Crippen LogP contribution in [0.5, 0.6) is 0 Å². The van der Waals surface area contributed by atoms with Gasteiger partial charge in [-0.15, -0.1) is 0 Å². The van der Waals surface area contributed by atoms with Gasteiger partial charge in [0.25, 0.3) is 0 Å². The van der Waals surface area contributed by atoms with Crippen molar-refractivity contribution in [2.24, 2.45) is 11.5 Å². The van der Waals surface area contributed by atoms with Gasteiger partial charge in [-0.1, -0.05) is 48.5 Å². The molecule has 0 radical (unpaired) electrons. The molecule has 0 unspecified atom stereocenters.